The van der Waals surface area contributed by atoms with Crippen LogP contribution in [-0.4, -0.2) is 49.2 Å². The summed E-state index contributed by atoms with van der Waals surface area (Å²) < 4.78 is 32.5. The van der Waals surface area contributed by atoms with Crippen LogP contribution in [0.4, 0.5) is 0 Å². The number of H-pyrrole nitrogens is 1. The Morgan fingerprint density at radius 2 is 1.69 bits per heavy atom. The van der Waals surface area contributed by atoms with Gasteiger partial charge in [-0.25, -0.2) is 13.2 Å². The number of ketones is 1. The number of methoxy groups -OCH3 is 1. The minimum absolute atomic E-state index is 0.0165. The molecule has 1 atom stereocenters. The molecule has 2 rings (SSSR count). The van der Waals surface area contributed by atoms with Gasteiger partial charge in [-0.1, -0.05) is 32.0 Å². The summed E-state index contributed by atoms with van der Waals surface area (Å²) in [5, 5.41) is 0. The molecule has 158 valence electrons. The van der Waals surface area contributed by atoms with Gasteiger partial charge in [0.25, 0.3) is 0 Å². The maximum absolute atomic E-state index is 13.3. The van der Waals surface area contributed by atoms with Crippen molar-refractivity contribution in [2.75, 3.05) is 13.7 Å². The lowest BCUT2D eigenvalue weighted by atomic mass is 10.0. The van der Waals surface area contributed by atoms with E-state index in [0.717, 1.165) is 0 Å². The number of ether oxygens (including phenoxy) is 1. The summed E-state index contributed by atoms with van der Waals surface area (Å²) >= 11 is 0. The lowest BCUT2D eigenvalue weighted by Crippen LogP contribution is -2.45. The second kappa shape index (κ2) is 8.92. The standard InChI is InChI=1S/C21H28N2O5S/c1-13(2)12-23(29(26,27)17-10-8-7-9-11-17)16(5)20(24)18-14(3)19(21(25)28-6)22-15(18)4/h7-11,13,16,22H,12H2,1-6H3. The Morgan fingerprint density at radius 3 is 2.21 bits per heavy atom. The summed E-state index contributed by atoms with van der Waals surface area (Å²) in [6, 6.07) is 7.12. The van der Waals surface area contributed by atoms with Crippen LogP contribution in [-0.2, 0) is 14.8 Å². The third-order valence-electron chi connectivity index (χ3n) is 4.78. The number of hydrogen-bond acceptors (Lipinski definition) is 5. The van der Waals surface area contributed by atoms with Crippen LogP contribution in [0.15, 0.2) is 35.2 Å². The van der Waals surface area contributed by atoms with Crippen LogP contribution in [0.5, 0.6) is 0 Å². The number of nitrogens with one attached hydrogen (secondary N) is 1. The molecule has 0 fully saturated rings. The Hall–Kier alpha value is -2.45. The molecule has 1 unspecified atom stereocenters. The monoisotopic (exact) mass is 420 g/mol. The van der Waals surface area contributed by atoms with E-state index >= 15 is 0 Å². The molecule has 7 nitrogen and oxygen atoms in total. The molecule has 0 bridgehead atoms. The molecule has 2 aromatic rings. The summed E-state index contributed by atoms with van der Waals surface area (Å²) in [4.78, 5) is 28.3. The number of nitrogens with zero attached hydrogens (tertiary/aromatic N) is 1. The van der Waals surface area contributed by atoms with Gasteiger partial charge in [-0.15, -0.1) is 0 Å². The maximum atomic E-state index is 13.3. The molecule has 1 N–H and O–H groups in total. The zero-order chi connectivity index (χ0) is 21.9. The smallest absolute Gasteiger partial charge is 0.354 e. The summed E-state index contributed by atoms with van der Waals surface area (Å²) in [6.45, 7) is 8.89. The number of sulfonamides is 1. The largest absolute Gasteiger partial charge is 0.464 e. The average molecular weight is 421 g/mol. The van der Waals surface area contributed by atoms with Gasteiger partial charge in [-0.2, -0.15) is 4.31 Å². The van der Waals surface area contributed by atoms with Crippen LogP contribution in [0.3, 0.4) is 0 Å². The van der Waals surface area contributed by atoms with Gasteiger partial charge in [-0.3, -0.25) is 4.79 Å². The average Bonchev–Trinajstić information content (AvgIpc) is 2.99. The number of aromatic nitrogens is 1. The zero-order valence-electron chi connectivity index (χ0n) is 17.6. The second-order valence-electron chi connectivity index (χ2n) is 7.44. The lowest BCUT2D eigenvalue weighted by molar-refractivity contribution is 0.0594. The fourth-order valence-corrected chi connectivity index (χ4v) is 5.10. The number of aromatic amines is 1. The number of benzene rings is 1. The third kappa shape index (κ3) is 4.59. The van der Waals surface area contributed by atoms with Crippen LogP contribution in [0.2, 0.25) is 0 Å². The van der Waals surface area contributed by atoms with Crippen LogP contribution in [0.1, 0.15) is 52.9 Å². The Balaban J connectivity index is 2.50. The lowest BCUT2D eigenvalue weighted by Gasteiger charge is -2.29. The minimum atomic E-state index is -3.88. The third-order valence-corrected chi connectivity index (χ3v) is 6.73. The van der Waals surface area contributed by atoms with Crippen LogP contribution >= 0.6 is 0 Å². The van der Waals surface area contributed by atoms with Gasteiger partial charge in [-0.05, 0) is 44.4 Å². The van der Waals surface area contributed by atoms with Gasteiger partial charge in [0.1, 0.15) is 5.69 Å². The Morgan fingerprint density at radius 1 is 1.10 bits per heavy atom. The van der Waals surface area contributed by atoms with Gasteiger partial charge in [0.2, 0.25) is 10.0 Å². The molecule has 0 saturated heterocycles. The molecule has 0 aliphatic rings. The zero-order valence-corrected chi connectivity index (χ0v) is 18.5. The number of esters is 1. The molecule has 1 heterocycles. The van der Waals surface area contributed by atoms with Crippen molar-refractivity contribution in [3.63, 3.8) is 0 Å². The summed E-state index contributed by atoms with van der Waals surface area (Å²) in [5.41, 5.74) is 1.46. The minimum Gasteiger partial charge on any atom is -0.464 e. The number of aryl methyl sites for hydroxylation is 1. The Labute approximate surface area is 172 Å². The molecular weight excluding hydrogens is 392 g/mol. The topological polar surface area (TPSA) is 96.5 Å². The van der Waals surface area contributed by atoms with E-state index in [4.69, 9.17) is 4.74 Å². The number of hydrogen-bond donors (Lipinski definition) is 1. The first-order valence-electron chi connectivity index (χ1n) is 9.40. The van der Waals surface area contributed by atoms with E-state index in [1.165, 1.54) is 23.5 Å². The van der Waals surface area contributed by atoms with Crippen molar-refractivity contribution in [3.05, 3.63) is 52.8 Å². The van der Waals surface area contributed by atoms with Crippen LogP contribution < -0.4 is 0 Å². The van der Waals surface area contributed by atoms with E-state index in [-0.39, 0.29) is 28.8 Å². The van der Waals surface area contributed by atoms with E-state index < -0.39 is 22.0 Å². The Bertz CT molecular complexity index is 994. The van der Waals surface area contributed by atoms with Crippen molar-refractivity contribution < 1.29 is 22.7 Å². The highest BCUT2D eigenvalue weighted by molar-refractivity contribution is 7.89. The first-order valence-corrected chi connectivity index (χ1v) is 10.8. The summed E-state index contributed by atoms with van der Waals surface area (Å²) in [7, 11) is -2.61. The molecule has 0 amide bonds. The molecule has 29 heavy (non-hydrogen) atoms. The number of carbonyl (C=O) groups is 2. The van der Waals surface area contributed by atoms with Crippen molar-refractivity contribution in [2.45, 2.75) is 45.6 Å². The van der Waals surface area contributed by atoms with Crippen LogP contribution in [0, 0.1) is 19.8 Å². The predicted molar refractivity (Wildman–Crippen MR) is 111 cm³/mol. The van der Waals surface area contributed by atoms with Crippen molar-refractivity contribution in [1.82, 2.24) is 9.29 Å². The van der Waals surface area contributed by atoms with Crippen molar-refractivity contribution in [1.29, 1.82) is 0 Å². The first kappa shape index (κ1) is 22.8. The SMILES string of the molecule is COC(=O)c1[nH]c(C)c(C(=O)C(C)N(CC(C)C)S(=O)(=O)c2ccccc2)c1C. The molecule has 1 aromatic heterocycles. The van der Waals surface area contributed by atoms with E-state index in [0.29, 0.717) is 16.8 Å². The molecule has 0 saturated carbocycles. The fraction of sp³-hybridized carbons (Fsp3) is 0.429. The molecule has 0 aliphatic heterocycles. The van der Waals surface area contributed by atoms with E-state index in [9.17, 15) is 18.0 Å². The van der Waals surface area contributed by atoms with Gasteiger partial charge in [0.05, 0.1) is 18.0 Å². The normalized spacial score (nSPS) is 13.0. The molecule has 0 spiro atoms. The predicted octanol–water partition coefficient (Wildman–Crippen LogP) is 3.34. The van der Waals surface area contributed by atoms with E-state index in [2.05, 4.69) is 4.98 Å². The summed E-state index contributed by atoms with van der Waals surface area (Å²) in [6.07, 6.45) is 0. The van der Waals surface area contributed by atoms with Gasteiger partial charge in [0, 0.05) is 17.8 Å². The quantitative estimate of drug-likeness (QED) is 0.522. The fourth-order valence-electron chi connectivity index (χ4n) is 3.32. The van der Waals surface area contributed by atoms with Crippen LogP contribution in [0.25, 0.3) is 0 Å². The second-order valence-corrected chi connectivity index (χ2v) is 9.33. The number of Topliss-reactive ketones (excluding diaryl/α,β-unsaturated/α-hetero) is 1. The number of carbonyl (C=O) groups excluding carboxylic acids is 2. The molecule has 1 aromatic carbocycles. The van der Waals surface area contributed by atoms with E-state index in [1.54, 1.807) is 39.0 Å². The van der Waals surface area contributed by atoms with E-state index in [1.807, 2.05) is 13.8 Å². The van der Waals surface area contributed by atoms with Gasteiger partial charge in [0.15, 0.2) is 5.78 Å². The van der Waals surface area contributed by atoms with Gasteiger partial charge >= 0.3 is 5.97 Å². The van der Waals surface area contributed by atoms with Crippen molar-refractivity contribution in [3.8, 4) is 0 Å². The highest BCUT2D eigenvalue weighted by atomic mass is 32.2. The molecular formula is C21H28N2O5S. The first-order chi connectivity index (χ1) is 13.5. The van der Waals surface area contributed by atoms with Crippen molar-refractivity contribution >= 4 is 21.8 Å². The van der Waals surface area contributed by atoms with Crippen molar-refractivity contribution in [2.24, 2.45) is 5.92 Å². The van der Waals surface area contributed by atoms with Gasteiger partial charge < -0.3 is 9.72 Å². The molecule has 0 aliphatic carbocycles. The highest BCUT2D eigenvalue weighted by Gasteiger charge is 2.36. The Kier molecular flexibility index (Phi) is 7.02. The highest BCUT2D eigenvalue weighted by Crippen LogP contribution is 2.25. The maximum Gasteiger partial charge on any atom is 0.354 e. The number of rotatable bonds is 8. The molecule has 8 heteroatoms. The molecule has 0 radical (unpaired) electrons. The summed E-state index contributed by atoms with van der Waals surface area (Å²) in [5.74, 6) is -0.928.